The zero-order valence-corrected chi connectivity index (χ0v) is 10.4. The summed E-state index contributed by atoms with van der Waals surface area (Å²) in [6.07, 6.45) is 2.31. The summed E-state index contributed by atoms with van der Waals surface area (Å²) in [5.74, 6) is 1.86. The number of nitrogen functional groups attached to an aromatic ring is 1. The maximum absolute atomic E-state index is 5.66. The number of nitrogens with zero attached hydrogens (tertiary/aromatic N) is 2. The van der Waals surface area contributed by atoms with Crippen molar-refractivity contribution in [1.29, 1.82) is 0 Å². The van der Waals surface area contributed by atoms with E-state index in [4.69, 9.17) is 10.2 Å². The van der Waals surface area contributed by atoms with E-state index in [-0.39, 0.29) is 0 Å². The molecule has 1 aromatic heterocycles. The molecule has 0 saturated carbocycles. The van der Waals surface area contributed by atoms with Crippen LogP contribution in [0.15, 0.2) is 4.42 Å². The van der Waals surface area contributed by atoms with Crippen LogP contribution >= 0.6 is 0 Å². The molecule has 0 amide bonds. The van der Waals surface area contributed by atoms with Gasteiger partial charge < -0.3 is 15.1 Å². The van der Waals surface area contributed by atoms with Gasteiger partial charge in [0.05, 0.1) is 5.69 Å². The Kier molecular flexibility index (Phi) is 3.19. The summed E-state index contributed by atoms with van der Waals surface area (Å²) < 4.78 is 5.51. The highest BCUT2D eigenvalue weighted by atomic mass is 16.4. The Labute approximate surface area is 96.8 Å². The minimum absolute atomic E-state index is 0.317. The van der Waals surface area contributed by atoms with Gasteiger partial charge in [-0.25, -0.2) is 0 Å². The van der Waals surface area contributed by atoms with Crippen LogP contribution in [0.2, 0.25) is 0 Å². The second-order valence-electron chi connectivity index (χ2n) is 5.03. The summed E-state index contributed by atoms with van der Waals surface area (Å²) in [5.41, 5.74) is 6.76. The molecule has 2 rings (SSSR count). The summed E-state index contributed by atoms with van der Waals surface area (Å²) in [5, 5.41) is 0. The van der Waals surface area contributed by atoms with Crippen molar-refractivity contribution in [2.24, 2.45) is 0 Å². The van der Waals surface area contributed by atoms with Crippen LogP contribution in [0.4, 0.5) is 6.01 Å². The number of nitrogens with two attached hydrogens (primary N) is 1. The molecule has 2 heterocycles. The molecule has 0 spiro atoms. The first-order valence-corrected chi connectivity index (χ1v) is 6.02. The smallest absolute Gasteiger partial charge is 0.292 e. The molecule has 0 radical (unpaired) electrons. The Morgan fingerprint density at radius 2 is 2.00 bits per heavy atom. The average Bonchev–Trinajstić information content (AvgIpc) is 2.61. The molecule has 0 aliphatic carbocycles. The van der Waals surface area contributed by atoms with Crippen LogP contribution in [0.3, 0.4) is 0 Å². The van der Waals surface area contributed by atoms with Gasteiger partial charge in [0.15, 0.2) is 0 Å². The molecular weight excluding hydrogens is 202 g/mol. The predicted octanol–water partition coefficient (Wildman–Crippen LogP) is 2.19. The van der Waals surface area contributed by atoms with Crippen molar-refractivity contribution in [3.8, 4) is 0 Å². The largest absolute Gasteiger partial charge is 0.428 e. The van der Waals surface area contributed by atoms with Gasteiger partial charge in [-0.15, -0.1) is 0 Å². The second kappa shape index (κ2) is 4.45. The Balaban J connectivity index is 2.19. The molecule has 1 saturated heterocycles. The highest BCUT2D eigenvalue weighted by Crippen LogP contribution is 2.33. The molecule has 1 aromatic rings. The van der Waals surface area contributed by atoms with E-state index in [0.29, 0.717) is 17.9 Å². The molecule has 90 valence electrons. The molecular formula is C12H21N3O. The van der Waals surface area contributed by atoms with Gasteiger partial charge >= 0.3 is 0 Å². The average molecular weight is 223 g/mol. The minimum Gasteiger partial charge on any atom is -0.428 e. The van der Waals surface area contributed by atoms with Crippen LogP contribution in [0.5, 0.6) is 0 Å². The lowest BCUT2D eigenvalue weighted by molar-refractivity contribution is 0.252. The van der Waals surface area contributed by atoms with Crippen molar-refractivity contribution >= 4 is 6.01 Å². The number of oxazole rings is 1. The second-order valence-corrected chi connectivity index (χ2v) is 5.03. The number of aromatic nitrogens is 1. The zero-order valence-electron chi connectivity index (χ0n) is 10.4. The molecule has 1 fully saturated rings. The van der Waals surface area contributed by atoms with Crippen LogP contribution in [0.1, 0.15) is 50.0 Å². The number of likely N-dealkylation sites (tertiary alicyclic amines) is 1. The van der Waals surface area contributed by atoms with E-state index in [9.17, 15) is 0 Å². The summed E-state index contributed by atoms with van der Waals surface area (Å²) in [7, 11) is 2.16. The van der Waals surface area contributed by atoms with Gasteiger partial charge in [-0.2, -0.15) is 4.98 Å². The molecule has 16 heavy (non-hydrogen) atoms. The first-order chi connectivity index (χ1) is 7.58. The van der Waals surface area contributed by atoms with Crippen molar-refractivity contribution in [2.75, 3.05) is 25.9 Å². The number of piperidine rings is 1. The van der Waals surface area contributed by atoms with Gasteiger partial charge in [0.1, 0.15) is 5.76 Å². The molecule has 0 bridgehead atoms. The van der Waals surface area contributed by atoms with Crippen molar-refractivity contribution in [3.05, 3.63) is 11.5 Å². The van der Waals surface area contributed by atoms with Gasteiger partial charge in [-0.3, -0.25) is 0 Å². The summed E-state index contributed by atoms with van der Waals surface area (Å²) in [6, 6.07) is 0.317. The van der Waals surface area contributed by atoms with Gasteiger partial charge in [-0.05, 0) is 33.0 Å². The SMILES string of the molecule is CC(C)c1oc(N)nc1C1CCN(C)CC1. The number of rotatable bonds is 2. The molecule has 1 aliphatic heterocycles. The molecule has 0 atom stereocenters. The molecule has 1 aliphatic rings. The third-order valence-electron chi connectivity index (χ3n) is 3.33. The van der Waals surface area contributed by atoms with Crippen LogP contribution < -0.4 is 5.73 Å². The first-order valence-electron chi connectivity index (χ1n) is 6.02. The van der Waals surface area contributed by atoms with Crippen LogP contribution in [-0.4, -0.2) is 30.0 Å². The van der Waals surface area contributed by atoms with E-state index in [1.165, 1.54) is 0 Å². The van der Waals surface area contributed by atoms with Gasteiger partial charge in [0, 0.05) is 11.8 Å². The molecule has 2 N–H and O–H groups in total. The molecule has 0 aromatic carbocycles. The molecule has 4 nitrogen and oxygen atoms in total. The fourth-order valence-electron chi connectivity index (χ4n) is 2.35. The lowest BCUT2D eigenvalue weighted by Crippen LogP contribution is -2.29. The predicted molar refractivity (Wildman–Crippen MR) is 64.5 cm³/mol. The van der Waals surface area contributed by atoms with Gasteiger partial charge in [0.2, 0.25) is 0 Å². The fraction of sp³-hybridized carbons (Fsp3) is 0.750. The van der Waals surface area contributed by atoms with E-state index >= 15 is 0 Å². The minimum atomic E-state index is 0.317. The Morgan fingerprint density at radius 1 is 1.38 bits per heavy atom. The maximum Gasteiger partial charge on any atom is 0.292 e. The summed E-state index contributed by atoms with van der Waals surface area (Å²) in [4.78, 5) is 6.73. The van der Waals surface area contributed by atoms with E-state index in [2.05, 4.69) is 30.8 Å². The lowest BCUT2D eigenvalue weighted by atomic mass is 9.91. The summed E-state index contributed by atoms with van der Waals surface area (Å²) in [6.45, 7) is 6.51. The number of hydrogen-bond donors (Lipinski definition) is 1. The number of anilines is 1. The third-order valence-corrected chi connectivity index (χ3v) is 3.33. The van der Waals surface area contributed by atoms with Crippen LogP contribution in [-0.2, 0) is 0 Å². The van der Waals surface area contributed by atoms with E-state index < -0.39 is 0 Å². The normalized spacial score (nSPS) is 19.5. The lowest BCUT2D eigenvalue weighted by Gasteiger charge is -2.28. The van der Waals surface area contributed by atoms with Gasteiger partial charge in [0.25, 0.3) is 6.01 Å². The van der Waals surface area contributed by atoms with Crippen molar-refractivity contribution < 1.29 is 4.42 Å². The van der Waals surface area contributed by atoms with E-state index in [0.717, 1.165) is 37.4 Å². The topological polar surface area (TPSA) is 55.3 Å². The Bertz CT molecular complexity index is 351. The molecule has 4 heteroatoms. The highest BCUT2D eigenvalue weighted by Gasteiger charge is 2.26. The van der Waals surface area contributed by atoms with Crippen molar-refractivity contribution in [2.45, 2.75) is 38.5 Å². The Morgan fingerprint density at radius 3 is 2.56 bits per heavy atom. The monoisotopic (exact) mass is 223 g/mol. The summed E-state index contributed by atoms with van der Waals surface area (Å²) >= 11 is 0. The fourth-order valence-corrected chi connectivity index (χ4v) is 2.35. The van der Waals surface area contributed by atoms with Crippen LogP contribution in [0, 0.1) is 0 Å². The van der Waals surface area contributed by atoms with Crippen molar-refractivity contribution in [3.63, 3.8) is 0 Å². The van der Waals surface area contributed by atoms with Crippen LogP contribution in [0.25, 0.3) is 0 Å². The third kappa shape index (κ3) is 2.21. The number of hydrogen-bond acceptors (Lipinski definition) is 4. The molecule has 0 unspecified atom stereocenters. The zero-order chi connectivity index (χ0) is 11.7. The Hall–Kier alpha value is -1.03. The van der Waals surface area contributed by atoms with E-state index in [1.54, 1.807) is 0 Å². The first kappa shape index (κ1) is 11.5. The standard InChI is InChI=1S/C12H21N3O/c1-8(2)11-10(14-12(13)16-11)9-4-6-15(3)7-5-9/h8-9H,4-7H2,1-3H3,(H2,13,14). The van der Waals surface area contributed by atoms with Crippen molar-refractivity contribution in [1.82, 2.24) is 9.88 Å². The van der Waals surface area contributed by atoms with E-state index in [1.807, 2.05) is 0 Å². The highest BCUT2D eigenvalue weighted by molar-refractivity contribution is 5.25. The maximum atomic E-state index is 5.66. The quantitative estimate of drug-likeness (QED) is 0.835. The van der Waals surface area contributed by atoms with Gasteiger partial charge in [-0.1, -0.05) is 13.8 Å².